The van der Waals surface area contributed by atoms with E-state index in [1.807, 2.05) is 50.2 Å². The molecule has 0 saturated heterocycles. The van der Waals surface area contributed by atoms with E-state index in [1.54, 1.807) is 12.3 Å². The number of aliphatic imine (C=N–C) groups is 1. The van der Waals surface area contributed by atoms with E-state index in [2.05, 4.69) is 4.98 Å². The van der Waals surface area contributed by atoms with E-state index in [1.165, 1.54) is 6.07 Å². The molecule has 0 bridgehead atoms. The Bertz CT molecular complexity index is 990. The van der Waals surface area contributed by atoms with Crippen LogP contribution in [-0.2, 0) is 6.42 Å². The van der Waals surface area contributed by atoms with Gasteiger partial charge in [0.2, 0.25) is 0 Å². The van der Waals surface area contributed by atoms with E-state index < -0.39 is 12.0 Å². The zero-order chi connectivity index (χ0) is 17.6. The first-order valence-electron chi connectivity index (χ1n) is 8.30. The Kier molecular flexibility index (Phi) is 3.64. The van der Waals surface area contributed by atoms with Gasteiger partial charge < -0.3 is 0 Å². The summed E-state index contributed by atoms with van der Waals surface area (Å²) >= 11 is 0. The van der Waals surface area contributed by atoms with Gasteiger partial charge in [0.05, 0.1) is 16.8 Å². The molecule has 2 nitrogen and oxygen atoms in total. The summed E-state index contributed by atoms with van der Waals surface area (Å²) in [5, 5.41) is 1.01. The number of fused-ring (bicyclic) bond motifs is 2. The molecule has 126 valence electrons. The van der Waals surface area contributed by atoms with E-state index >= 15 is 0 Å². The highest BCUT2D eigenvalue weighted by Crippen LogP contribution is 2.35. The molecule has 1 aromatic heterocycles. The topological polar surface area (TPSA) is 25.2 Å². The van der Waals surface area contributed by atoms with Gasteiger partial charge in [0.15, 0.2) is 0 Å². The lowest BCUT2D eigenvalue weighted by atomic mass is 9.82. The predicted molar refractivity (Wildman–Crippen MR) is 96.6 cm³/mol. The lowest BCUT2D eigenvalue weighted by Crippen LogP contribution is -2.30. The summed E-state index contributed by atoms with van der Waals surface area (Å²) in [6.45, 7) is 3.96. The highest BCUT2D eigenvalue weighted by molar-refractivity contribution is 6.15. The van der Waals surface area contributed by atoms with Crippen LogP contribution in [0.3, 0.4) is 0 Å². The molecule has 1 aliphatic rings. The fourth-order valence-electron chi connectivity index (χ4n) is 3.48. The summed E-state index contributed by atoms with van der Waals surface area (Å²) in [6.07, 6.45) is -0.200. The van der Waals surface area contributed by atoms with E-state index in [0.717, 1.165) is 27.7 Å². The highest BCUT2D eigenvalue weighted by atomic mass is 19.3. The number of pyridine rings is 1. The molecule has 2 heterocycles. The summed E-state index contributed by atoms with van der Waals surface area (Å²) in [5.74, 6) is 0. The fourth-order valence-corrected chi connectivity index (χ4v) is 3.48. The number of rotatable bonds is 2. The van der Waals surface area contributed by atoms with Gasteiger partial charge in [-0.3, -0.25) is 9.98 Å². The predicted octanol–water partition coefficient (Wildman–Crippen LogP) is 5.34. The zero-order valence-electron chi connectivity index (χ0n) is 14.1. The third kappa shape index (κ3) is 2.82. The Morgan fingerprint density at radius 3 is 2.64 bits per heavy atom. The summed E-state index contributed by atoms with van der Waals surface area (Å²) in [5.41, 5.74) is 3.66. The summed E-state index contributed by atoms with van der Waals surface area (Å²) in [4.78, 5) is 9.37. The number of aromatic nitrogens is 1. The number of alkyl halides is 2. The van der Waals surface area contributed by atoms with Gasteiger partial charge in [-0.25, -0.2) is 8.78 Å². The number of halogens is 2. The van der Waals surface area contributed by atoms with Crippen molar-refractivity contribution in [3.8, 4) is 0 Å². The molecule has 0 amide bonds. The fraction of sp³-hybridized carbons (Fsp3) is 0.238. The highest BCUT2D eigenvalue weighted by Gasteiger charge is 2.31. The van der Waals surface area contributed by atoms with Crippen LogP contribution in [0.2, 0.25) is 0 Å². The van der Waals surface area contributed by atoms with Crippen molar-refractivity contribution in [2.75, 3.05) is 0 Å². The smallest absolute Gasteiger partial charge is 0.264 e. The van der Waals surface area contributed by atoms with Crippen molar-refractivity contribution in [2.24, 2.45) is 4.99 Å². The van der Waals surface area contributed by atoms with Gasteiger partial charge in [-0.05, 0) is 38.0 Å². The number of hydrogen-bond acceptors (Lipinski definition) is 2. The summed E-state index contributed by atoms with van der Waals surface area (Å²) in [6, 6.07) is 15.0. The van der Waals surface area contributed by atoms with Crippen LogP contribution in [-0.4, -0.2) is 16.2 Å². The van der Waals surface area contributed by atoms with Crippen molar-refractivity contribution >= 4 is 16.6 Å². The molecule has 4 heteroatoms. The van der Waals surface area contributed by atoms with Crippen LogP contribution in [0.25, 0.3) is 10.9 Å². The largest absolute Gasteiger partial charge is 0.278 e. The second kappa shape index (κ2) is 5.73. The standard InChI is InChI=1S/C21H18F2N2/c1-21(2)11-17-15(7-5-8-16(17)20(22)23)19(25-21)14-10-13-6-3-4-9-18(13)24-12-14/h3-10,12,20H,11H2,1-2H3. The maximum absolute atomic E-state index is 13.5. The van der Waals surface area contributed by atoms with Gasteiger partial charge in [0.25, 0.3) is 6.43 Å². The third-order valence-corrected chi connectivity index (χ3v) is 4.59. The maximum Gasteiger partial charge on any atom is 0.264 e. The van der Waals surface area contributed by atoms with E-state index in [9.17, 15) is 8.78 Å². The number of nitrogens with zero attached hydrogens (tertiary/aromatic N) is 2. The van der Waals surface area contributed by atoms with Crippen LogP contribution in [0.4, 0.5) is 8.78 Å². The second-order valence-corrected chi connectivity index (χ2v) is 7.04. The van der Waals surface area contributed by atoms with Crippen LogP contribution < -0.4 is 0 Å². The normalized spacial score (nSPS) is 16.0. The molecule has 25 heavy (non-hydrogen) atoms. The molecular weight excluding hydrogens is 318 g/mol. The minimum Gasteiger partial charge on any atom is -0.278 e. The minimum atomic E-state index is -2.49. The molecule has 0 radical (unpaired) electrons. The van der Waals surface area contributed by atoms with Crippen LogP contribution in [0, 0.1) is 0 Å². The van der Waals surface area contributed by atoms with Crippen LogP contribution in [0.1, 0.15) is 42.5 Å². The van der Waals surface area contributed by atoms with Crippen LogP contribution >= 0.6 is 0 Å². The quantitative estimate of drug-likeness (QED) is 0.620. The van der Waals surface area contributed by atoms with Gasteiger partial charge in [-0.1, -0.05) is 36.4 Å². The second-order valence-electron chi connectivity index (χ2n) is 7.04. The molecule has 1 aliphatic heterocycles. The maximum atomic E-state index is 13.5. The van der Waals surface area contributed by atoms with Gasteiger partial charge in [0, 0.05) is 28.3 Å². The third-order valence-electron chi connectivity index (χ3n) is 4.59. The molecule has 0 fully saturated rings. The van der Waals surface area contributed by atoms with E-state index in [4.69, 9.17) is 4.99 Å². The Balaban J connectivity index is 1.94. The number of benzene rings is 2. The lowest BCUT2D eigenvalue weighted by Gasteiger charge is -2.30. The lowest BCUT2D eigenvalue weighted by molar-refractivity contribution is 0.150. The van der Waals surface area contributed by atoms with Crippen molar-refractivity contribution < 1.29 is 8.78 Å². The van der Waals surface area contributed by atoms with Crippen molar-refractivity contribution in [3.05, 3.63) is 77.0 Å². The van der Waals surface area contributed by atoms with E-state index in [0.29, 0.717) is 12.0 Å². The molecule has 0 spiro atoms. The zero-order valence-corrected chi connectivity index (χ0v) is 14.1. The monoisotopic (exact) mass is 336 g/mol. The van der Waals surface area contributed by atoms with Crippen LogP contribution in [0.5, 0.6) is 0 Å². The Labute approximate surface area is 145 Å². The number of para-hydroxylation sites is 1. The van der Waals surface area contributed by atoms with Gasteiger partial charge >= 0.3 is 0 Å². The van der Waals surface area contributed by atoms with Gasteiger partial charge in [-0.15, -0.1) is 0 Å². The SMILES string of the molecule is CC1(C)Cc2c(cccc2C(F)F)C(c2cnc3ccccc3c2)=N1. The van der Waals surface area contributed by atoms with Crippen molar-refractivity contribution in [1.82, 2.24) is 4.98 Å². The molecule has 0 aliphatic carbocycles. The van der Waals surface area contributed by atoms with Crippen LogP contribution in [0.15, 0.2) is 59.7 Å². The summed E-state index contributed by atoms with van der Waals surface area (Å²) < 4.78 is 27.0. The molecule has 3 aromatic rings. The molecule has 0 unspecified atom stereocenters. The van der Waals surface area contributed by atoms with Gasteiger partial charge in [0.1, 0.15) is 0 Å². The molecule has 0 saturated carbocycles. The average Bonchev–Trinajstić information content (AvgIpc) is 2.59. The minimum absolute atomic E-state index is 0.103. The first kappa shape index (κ1) is 15.9. The molecule has 0 N–H and O–H groups in total. The Morgan fingerprint density at radius 2 is 1.84 bits per heavy atom. The Hall–Kier alpha value is -2.62. The van der Waals surface area contributed by atoms with Crippen molar-refractivity contribution in [3.63, 3.8) is 0 Å². The molecule has 4 rings (SSSR count). The first-order valence-corrected chi connectivity index (χ1v) is 8.30. The molecular formula is C21H18F2N2. The summed E-state index contributed by atoms with van der Waals surface area (Å²) in [7, 11) is 0. The van der Waals surface area contributed by atoms with Crippen molar-refractivity contribution in [2.45, 2.75) is 32.2 Å². The van der Waals surface area contributed by atoms with E-state index in [-0.39, 0.29) is 5.56 Å². The Morgan fingerprint density at radius 1 is 1.04 bits per heavy atom. The first-order chi connectivity index (χ1) is 11.9. The van der Waals surface area contributed by atoms with Crippen molar-refractivity contribution in [1.29, 1.82) is 0 Å². The van der Waals surface area contributed by atoms with Gasteiger partial charge in [-0.2, -0.15) is 0 Å². The molecule has 0 atom stereocenters. The average molecular weight is 336 g/mol. The number of hydrogen-bond donors (Lipinski definition) is 0. The molecule has 2 aromatic carbocycles.